The molecule has 0 saturated heterocycles. The van der Waals surface area contributed by atoms with Gasteiger partial charge in [0.2, 0.25) is 0 Å². The molecule has 0 saturated carbocycles. The van der Waals surface area contributed by atoms with Gasteiger partial charge in [-0.1, -0.05) is 13.8 Å². The number of benzene rings is 2. The molecular weight excluding hydrogens is 419 g/mol. The molecule has 7 heteroatoms. The predicted octanol–water partition coefficient (Wildman–Crippen LogP) is 6.04. The Morgan fingerprint density at radius 1 is 1.06 bits per heavy atom. The molecule has 4 rings (SSSR count). The summed E-state index contributed by atoms with van der Waals surface area (Å²) < 4.78 is 51.3. The fraction of sp³-hybridized carbons (Fsp3) is 0.400. The number of rotatable bonds is 6. The lowest BCUT2D eigenvalue weighted by molar-refractivity contribution is -0.137. The average Bonchev–Trinajstić information content (AvgIpc) is 3.15. The smallest absolute Gasteiger partial charge is 0.416 e. The van der Waals surface area contributed by atoms with E-state index in [4.69, 9.17) is 9.15 Å². The van der Waals surface area contributed by atoms with Gasteiger partial charge in [0.05, 0.1) is 11.1 Å². The van der Waals surface area contributed by atoms with Gasteiger partial charge in [0.15, 0.2) is 5.78 Å². The van der Waals surface area contributed by atoms with Crippen molar-refractivity contribution < 1.29 is 27.1 Å². The third kappa shape index (κ3) is 3.68. The molecule has 0 atom stereocenters. The van der Waals surface area contributed by atoms with Crippen LogP contribution in [0.15, 0.2) is 40.8 Å². The largest absolute Gasteiger partial charge is 0.492 e. The van der Waals surface area contributed by atoms with E-state index in [1.807, 2.05) is 19.9 Å². The Kier molecular flexibility index (Phi) is 5.57. The Morgan fingerprint density at radius 2 is 1.78 bits per heavy atom. The fourth-order valence-electron chi connectivity index (χ4n) is 4.36. The molecule has 170 valence electrons. The van der Waals surface area contributed by atoms with E-state index in [-0.39, 0.29) is 11.4 Å². The average molecular weight is 445 g/mol. The summed E-state index contributed by atoms with van der Waals surface area (Å²) in [4.78, 5) is 15.6. The van der Waals surface area contributed by atoms with E-state index in [1.165, 1.54) is 6.07 Å². The first-order valence-electron chi connectivity index (χ1n) is 10.8. The summed E-state index contributed by atoms with van der Waals surface area (Å²) in [6.45, 7) is 11.2. The summed E-state index contributed by atoms with van der Waals surface area (Å²) in [5.41, 5.74) is 0.138. The molecule has 2 aromatic carbocycles. The first-order chi connectivity index (χ1) is 15.1. The quantitative estimate of drug-likeness (QED) is 0.464. The van der Waals surface area contributed by atoms with Crippen molar-refractivity contribution in [1.82, 2.24) is 4.90 Å². The van der Waals surface area contributed by atoms with Gasteiger partial charge < -0.3 is 14.1 Å². The van der Waals surface area contributed by atoms with Gasteiger partial charge in [0.1, 0.15) is 23.7 Å². The lowest BCUT2D eigenvalue weighted by atomic mass is 9.71. The van der Waals surface area contributed by atoms with E-state index < -0.39 is 17.2 Å². The maximum absolute atomic E-state index is 13.3. The molecule has 0 unspecified atom stereocenters. The zero-order chi connectivity index (χ0) is 23.3. The van der Waals surface area contributed by atoms with Crippen LogP contribution in [0.4, 0.5) is 13.2 Å². The topological polar surface area (TPSA) is 42.7 Å². The van der Waals surface area contributed by atoms with Gasteiger partial charge in [-0.3, -0.25) is 4.79 Å². The lowest BCUT2D eigenvalue weighted by Gasteiger charge is -2.31. The van der Waals surface area contributed by atoms with Crippen LogP contribution in [0, 0.1) is 0 Å². The molecule has 1 aromatic heterocycles. The highest BCUT2D eigenvalue weighted by molar-refractivity contribution is 6.19. The van der Waals surface area contributed by atoms with E-state index >= 15 is 0 Å². The molecule has 0 fully saturated rings. The maximum Gasteiger partial charge on any atom is 0.416 e. The number of ketones is 1. The summed E-state index contributed by atoms with van der Waals surface area (Å²) in [6.07, 6.45) is -4.48. The molecule has 1 aliphatic carbocycles. The van der Waals surface area contributed by atoms with Gasteiger partial charge in [-0.2, -0.15) is 13.2 Å². The van der Waals surface area contributed by atoms with Crippen molar-refractivity contribution in [2.75, 3.05) is 26.2 Å². The minimum absolute atomic E-state index is 0.0646. The van der Waals surface area contributed by atoms with Crippen molar-refractivity contribution in [2.45, 2.75) is 39.3 Å². The summed E-state index contributed by atoms with van der Waals surface area (Å²) in [5, 5.41) is 0.399. The zero-order valence-corrected chi connectivity index (χ0v) is 18.6. The number of halogens is 3. The number of likely N-dealkylation sites (N-methyl/N-ethyl adjacent to an activating group) is 1. The lowest BCUT2D eigenvalue weighted by Crippen LogP contribution is -2.30. The summed E-state index contributed by atoms with van der Waals surface area (Å²) in [7, 11) is 0. The SMILES string of the molecule is CCN(CC)CCOc1ccc2c(c1)C(C)(C)c1oc3cc(C(F)(F)F)ccc3c1C2=O. The van der Waals surface area contributed by atoms with Crippen molar-refractivity contribution in [1.29, 1.82) is 0 Å². The molecule has 1 aliphatic rings. The third-order valence-electron chi connectivity index (χ3n) is 6.29. The minimum Gasteiger partial charge on any atom is -0.492 e. The van der Waals surface area contributed by atoms with E-state index in [2.05, 4.69) is 18.7 Å². The molecule has 0 N–H and O–H groups in total. The molecular formula is C25H26F3NO3. The number of nitrogens with zero attached hydrogens (tertiary/aromatic N) is 1. The Balaban J connectivity index is 1.72. The van der Waals surface area contributed by atoms with Gasteiger partial charge in [-0.25, -0.2) is 0 Å². The van der Waals surface area contributed by atoms with Crippen LogP contribution in [0.5, 0.6) is 5.75 Å². The van der Waals surface area contributed by atoms with Gasteiger partial charge in [-0.05, 0) is 68.9 Å². The molecule has 0 amide bonds. The van der Waals surface area contributed by atoms with E-state index in [1.54, 1.807) is 12.1 Å². The van der Waals surface area contributed by atoms with Crippen molar-refractivity contribution >= 4 is 16.8 Å². The monoisotopic (exact) mass is 445 g/mol. The summed E-state index contributed by atoms with van der Waals surface area (Å²) >= 11 is 0. The van der Waals surface area contributed by atoms with Gasteiger partial charge in [-0.15, -0.1) is 0 Å². The number of furan rings is 1. The van der Waals surface area contributed by atoms with Gasteiger partial charge >= 0.3 is 6.18 Å². The van der Waals surface area contributed by atoms with Gasteiger partial charge in [0.25, 0.3) is 0 Å². The van der Waals surface area contributed by atoms with Crippen molar-refractivity contribution in [3.63, 3.8) is 0 Å². The second-order valence-corrected chi connectivity index (χ2v) is 8.55. The molecule has 32 heavy (non-hydrogen) atoms. The van der Waals surface area contributed by atoms with Crippen LogP contribution < -0.4 is 4.74 Å². The third-order valence-corrected chi connectivity index (χ3v) is 6.29. The van der Waals surface area contributed by atoms with Crippen LogP contribution >= 0.6 is 0 Å². The molecule has 0 aliphatic heterocycles. The van der Waals surface area contributed by atoms with Crippen LogP contribution in [0.3, 0.4) is 0 Å². The summed E-state index contributed by atoms with van der Waals surface area (Å²) in [6, 6.07) is 8.61. The number of carbonyl (C=O) groups excluding carboxylic acids is 1. The molecule has 0 radical (unpaired) electrons. The van der Waals surface area contributed by atoms with Gasteiger partial charge in [0, 0.05) is 22.9 Å². The number of carbonyl (C=O) groups is 1. The molecule has 1 heterocycles. The Labute approximate surface area is 185 Å². The van der Waals surface area contributed by atoms with Crippen LogP contribution in [0.2, 0.25) is 0 Å². The number of ether oxygens (including phenoxy) is 1. The molecule has 0 spiro atoms. The highest BCUT2D eigenvalue weighted by atomic mass is 19.4. The van der Waals surface area contributed by atoms with Crippen molar-refractivity contribution in [3.8, 4) is 5.75 Å². The Morgan fingerprint density at radius 3 is 2.44 bits per heavy atom. The maximum atomic E-state index is 13.3. The van der Waals surface area contributed by atoms with Crippen LogP contribution in [-0.4, -0.2) is 36.9 Å². The molecule has 0 bridgehead atoms. The molecule has 4 nitrogen and oxygen atoms in total. The van der Waals surface area contributed by atoms with Crippen LogP contribution in [-0.2, 0) is 11.6 Å². The normalized spacial score (nSPS) is 15.2. The van der Waals surface area contributed by atoms with E-state index in [0.717, 1.165) is 37.3 Å². The first kappa shape index (κ1) is 22.4. The molecule has 3 aromatic rings. The van der Waals surface area contributed by atoms with E-state index in [0.29, 0.717) is 34.6 Å². The number of hydrogen-bond donors (Lipinski definition) is 0. The number of fused-ring (bicyclic) bond motifs is 4. The highest BCUT2D eigenvalue weighted by Gasteiger charge is 2.42. The van der Waals surface area contributed by atoms with Crippen molar-refractivity contribution in [3.05, 3.63) is 64.4 Å². The second kappa shape index (κ2) is 7.96. The van der Waals surface area contributed by atoms with E-state index in [9.17, 15) is 18.0 Å². The minimum atomic E-state index is -4.48. The Bertz CT molecular complexity index is 1170. The second-order valence-electron chi connectivity index (χ2n) is 8.55. The van der Waals surface area contributed by atoms with Crippen LogP contribution in [0.25, 0.3) is 11.0 Å². The zero-order valence-electron chi connectivity index (χ0n) is 18.6. The Hall–Kier alpha value is -2.80. The van der Waals surface area contributed by atoms with Crippen molar-refractivity contribution in [2.24, 2.45) is 0 Å². The summed E-state index contributed by atoms with van der Waals surface area (Å²) in [5.74, 6) is 0.780. The standard InChI is InChI=1S/C25H26F3NO3/c1-5-29(6-2)11-12-31-16-8-10-17-19(14-16)24(3,4)23-21(22(17)30)18-9-7-15(25(26,27)28)13-20(18)32-23/h7-10,13-14H,5-6,11-12H2,1-4H3. The first-order valence-corrected chi connectivity index (χ1v) is 10.8. The highest BCUT2D eigenvalue weighted by Crippen LogP contribution is 2.47. The predicted molar refractivity (Wildman–Crippen MR) is 117 cm³/mol. The fourth-order valence-corrected chi connectivity index (χ4v) is 4.36. The number of alkyl halides is 3. The number of hydrogen-bond acceptors (Lipinski definition) is 4. The van der Waals surface area contributed by atoms with Crippen LogP contribution in [0.1, 0.15) is 60.5 Å².